The molecule has 192 valence electrons. The summed E-state index contributed by atoms with van der Waals surface area (Å²) >= 11 is 0. The number of halogens is 4. The van der Waals surface area contributed by atoms with Crippen molar-refractivity contribution in [3.63, 3.8) is 0 Å². The van der Waals surface area contributed by atoms with Crippen LogP contribution < -0.4 is 9.47 Å². The molecule has 0 spiro atoms. The van der Waals surface area contributed by atoms with E-state index in [2.05, 4.69) is 4.99 Å². The number of methoxy groups -OCH3 is 1. The molecule has 2 heterocycles. The van der Waals surface area contributed by atoms with Gasteiger partial charge in [0.1, 0.15) is 28.8 Å². The van der Waals surface area contributed by atoms with Gasteiger partial charge in [-0.05, 0) is 67.1 Å². The number of benzene rings is 3. The van der Waals surface area contributed by atoms with Crippen LogP contribution >= 0.6 is 0 Å². The van der Waals surface area contributed by atoms with E-state index in [1.165, 1.54) is 37.4 Å². The number of rotatable bonds is 2. The predicted octanol–water partition coefficient (Wildman–Crippen LogP) is 5.89. The molecule has 0 atom stereocenters. The summed E-state index contributed by atoms with van der Waals surface area (Å²) in [5.74, 6) is 0.979. The molecule has 0 bridgehead atoms. The number of fused-ring (bicyclic) bond motifs is 2. The summed E-state index contributed by atoms with van der Waals surface area (Å²) < 4.78 is 65.0. The van der Waals surface area contributed by atoms with E-state index in [9.17, 15) is 22.4 Å². The number of amides is 1. The maximum atomic E-state index is 13.4. The van der Waals surface area contributed by atoms with Gasteiger partial charge in [0.15, 0.2) is 5.75 Å². The van der Waals surface area contributed by atoms with E-state index in [4.69, 9.17) is 9.47 Å². The van der Waals surface area contributed by atoms with Gasteiger partial charge in [-0.1, -0.05) is 0 Å². The Labute approximate surface area is 210 Å². The Balaban J connectivity index is 1.50. The van der Waals surface area contributed by atoms with Crippen LogP contribution in [0.3, 0.4) is 0 Å². The monoisotopic (exact) mass is 513 g/mol. The first-order chi connectivity index (χ1) is 17.7. The molecule has 1 fully saturated rings. The minimum absolute atomic E-state index is 0.0588. The standard InChI is InChI=1S/C27H23F4N3O3/c1-36-20-8-10-23-21(16-20)25(32-22-15-18(27(29,30)31)5-9-24(22)37-23)33-11-2-12-34(14-13-33)26(35)17-3-6-19(28)7-4-17/h3-10,15-16H,2,11-14H2,1H3. The molecule has 0 aromatic heterocycles. The molecular weight excluding hydrogens is 490 g/mol. The number of amidine groups is 1. The molecule has 3 aromatic carbocycles. The Morgan fingerprint density at radius 2 is 1.70 bits per heavy atom. The van der Waals surface area contributed by atoms with Crippen molar-refractivity contribution in [1.82, 2.24) is 9.80 Å². The topological polar surface area (TPSA) is 54.4 Å². The van der Waals surface area contributed by atoms with Crippen molar-refractivity contribution in [3.8, 4) is 17.2 Å². The Kier molecular flexibility index (Phi) is 6.49. The van der Waals surface area contributed by atoms with Crippen molar-refractivity contribution in [1.29, 1.82) is 0 Å². The summed E-state index contributed by atoms with van der Waals surface area (Å²) in [6, 6.07) is 13.7. The summed E-state index contributed by atoms with van der Waals surface area (Å²) in [6.45, 7) is 1.72. The summed E-state index contributed by atoms with van der Waals surface area (Å²) in [5.41, 5.74) is 0.193. The fourth-order valence-corrected chi connectivity index (χ4v) is 4.41. The van der Waals surface area contributed by atoms with Crippen LogP contribution in [-0.2, 0) is 6.18 Å². The molecule has 1 saturated heterocycles. The van der Waals surface area contributed by atoms with Crippen molar-refractivity contribution in [3.05, 3.63) is 83.2 Å². The number of aliphatic imine (C=N–C) groups is 1. The number of nitrogens with zero attached hydrogens (tertiary/aromatic N) is 3. The zero-order chi connectivity index (χ0) is 26.2. The molecular formula is C27H23F4N3O3. The molecule has 2 aliphatic heterocycles. The first kappa shape index (κ1) is 24.6. The molecule has 0 aliphatic carbocycles. The van der Waals surface area contributed by atoms with E-state index >= 15 is 0 Å². The highest BCUT2D eigenvalue weighted by molar-refractivity contribution is 6.04. The number of hydrogen-bond donors (Lipinski definition) is 0. The predicted molar refractivity (Wildman–Crippen MR) is 129 cm³/mol. The lowest BCUT2D eigenvalue weighted by molar-refractivity contribution is -0.137. The van der Waals surface area contributed by atoms with Gasteiger partial charge < -0.3 is 19.3 Å². The maximum absolute atomic E-state index is 13.4. The van der Waals surface area contributed by atoms with Crippen LogP contribution in [0.15, 0.2) is 65.7 Å². The molecule has 37 heavy (non-hydrogen) atoms. The second-order valence-corrected chi connectivity index (χ2v) is 8.72. The highest BCUT2D eigenvalue weighted by atomic mass is 19.4. The van der Waals surface area contributed by atoms with Crippen LogP contribution in [0.2, 0.25) is 0 Å². The Bertz CT molecular complexity index is 1360. The molecule has 0 radical (unpaired) electrons. The molecule has 2 aliphatic rings. The zero-order valence-corrected chi connectivity index (χ0v) is 19.9. The number of ether oxygens (including phenoxy) is 2. The van der Waals surface area contributed by atoms with Gasteiger partial charge in [0.25, 0.3) is 5.91 Å². The highest BCUT2D eigenvalue weighted by Crippen LogP contribution is 2.42. The lowest BCUT2D eigenvalue weighted by Gasteiger charge is -2.25. The fourth-order valence-electron chi connectivity index (χ4n) is 4.41. The molecule has 6 nitrogen and oxygen atoms in total. The van der Waals surface area contributed by atoms with Crippen molar-refractivity contribution < 1.29 is 31.8 Å². The minimum Gasteiger partial charge on any atom is -0.497 e. The van der Waals surface area contributed by atoms with Crippen LogP contribution in [0.1, 0.15) is 27.9 Å². The molecule has 3 aromatic rings. The highest BCUT2D eigenvalue weighted by Gasteiger charge is 2.33. The van der Waals surface area contributed by atoms with Crippen LogP contribution in [0.5, 0.6) is 17.2 Å². The second kappa shape index (κ2) is 9.76. The third kappa shape index (κ3) is 5.09. The zero-order valence-electron chi connectivity index (χ0n) is 19.9. The smallest absolute Gasteiger partial charge is 0.416 e. The molecule has 0 N–H and O–H groups in total. The largest absolute Gasteiger partial charge is 0.497 e. The van der Waals surface area contributed by atoms with Crippen LogP contribution in [-0.4, -0.2) is 54.8 Å². The third-order valence-electron chi connectivity index (χ3n) is 6.33. The molecule has 10 heteroatoms. The maximum Gasteiger partial charge on any atom is 0.416 e. The van der Waals surface area contributed by atoms with Gasteiger partial charge in [-0.3, -0.25) is 4.79 Å². The molecule has 1 amide bonds. The lowest BCUT2D eigenvalue weighted by Crippen LogP contribution is -2.37. The number of hydrogen-bond acceptors (Lipinski definition) is 5. The van der Waals surface area contributed by atoms with Gasteiger partial charge in [0.2, 0.25) is 0 Å². The average molecular weight is 513 g/mol. The van der Waals surface area contributed by atoms with Crippen molar-refractivity contribution in [2.45, 2.75) is 12.6 Å². The van der Waals surface area contributed by atoms with E-state index in [1.54, 1.807) is 23.1 Å². The van der Waals surface area contributed by atoms with Gasteiger partial charge in [0, 0.05) is 31.7 Å². The quantitative estimate of drug-likeness (QED) is 0.402. The van der Waals surface area contributed by atoms with Crippen molar-refractivity contribution in [2.24, 2.45) is 4.99 Å². The van der Waals surface area contributed by atoms with Gasteiger partial charge >= 0.3 is 6.18 Å². The minimum atomic E-state index is -4.53. The van der Waals surface area contributed by atoms with Gasteiger partial charge in [-0.25, -0.2) is 9.38 Å². The van der Waals surface area contributed by atoms with E-state index in [0.29, 0.717) is 61.1 Å². The first-order valence-corrected chi connectivity index (χ1v) is 11.7. The Hall–Kier alpha value is -4.08. The summed E-state index contributed by atoms with van der Waals surface area (Å²) in [5, 5.41) is 0. The fraction of sp³-hybridized carbons (Fsp3) is 0.259. The van der Waals surface area contributed by atoms with E-state index < -0.39 is 17.6 Å². The van der Waals surface area contributed by atoms with Crippen LogP contribution in [0, 0.1) is 5.82 Å². The van der Waals surface area contributed by atoms with Crippen molar-refractivity contribution in [2.75, 3.05) is 33.3 Å². The summed E-state index contributed by atoms with van der Waals surface area (Å²) in [4.78, 5) is 21.3. The number of carbonyl (C=O) groups excluding carboxylic acids is 1. The van der Waals surface area contributed by atoms with Crippen molar-refractivity contribution >= 4 is 17.4 Å². The average Bonchev–Trinajstić information content (AvgIpc) is 3.22. The van der Waals surface area contributed by atoms with E-state index in [-0.39, 0.29) is 17.3 Å². The summed E-state index contributed by atoms with van der Waals surface area (Å²) in [7, 11) is 1.52. The van der Waals surface area contributed by atoms with Crippen LogP contribution in [0.4, 0.5) is 23.2 Å². The lowest BCUT2D eigenvalue weighted by atomic mass is 10.1. The van der Waals surface area contributed by atoms with Gasteiger partial charge in [-0.2, -0.15) is 13.2 Å². The first-order valence-electron chi connectivity index (χ1n) is 11.7. The molecule has 5 rings (SSSR count). The SMILES string of the molecule is COc1ccc2c(c1)C(N1CCCN(C(=O)c3ccc(F)cc3)CC1)=Nc1cc(C(F)(F)F)ccc1O2. The number of alkyl halides is 3. The Morgan fingerprint density at radius 1 is 0.946 bits per heavy atom. The molecule has 0 saturated carbocycles. The third-order valence-corrected chi connectivity index (χ3v) is 6.33. The van der Waals surface area contributed by atoms with Crippen LogP contribution in [0.25, 0.3) is 0 Å². The summed E-state index contributed by atoms with van der Waals surface area (Å²) in [6.07, 6.45) is -3.93. The normalized spacial score (nSPS) is 15.5. The Morgan fingerprint density at radius 3 is 2.43 bits per heavy atom. The molecule has 0 unspecified atom stereocenters. The van der Waals surface area contributed by atoms with E-state index in [0.717, 1.165) is 12.1 Å². The second-order valence-electron chi connectivity index (χ2n) is 8.72. The van der Waals surface area contributed by atoms with Gasteiger partial charge in [0.05, 0.1) is 18.2 Å². The number of carbonyl (C=O) groups is 1. The van der Waals surface area contributed by atoms with Gasteiger partial charge in [-0.15, -0.1) is 0 Å². The van der Waals surface area contributed by atoms with E-state index in [1.807, 2.05) is 4.90 Å².